The molecule has 0 aliphatic heterocycles. The second kappa shape index (κ2) is 7.04. The van der Waals surface area contributed by atoms with E-state index in [0.717, 1.165) is 11.5 Å². The van der Waals surface area contributed by atoms with Gasteiger partial charge in [-0.25, -0.2) is 4.98 Å². The summed E-state index contributed by atoms with van der Waals surface area (Å²) in [5, 5.41) is 0. The molecule has 3 nitrogen and oxygen atoms in total. The van der Waals surface area contributed by atoms with E-state index < -0.39 is 0 Å². The Hall–Kier alpha value is -1.51. The second-order valence-corrected chi connectivity index (χ2v) is 4.74. The van der Waals surface area contributed by atoms with Gasteiger partial charge in [-0.1, -0.05) is 39.3 Å². The van der Waals surface area contributed by atoms with Crippen molar-refractivity contribution in [1.82, 2.24) is 9.97 Å². The zero-order chi connectivity index (χ0) is 13.5. The fraction of sp³-hybridized carbons (Fsp3) is 0.533. The van der Waals surface area contributed by atoms with Gasteiger partial charge in [-0.2, -0.15) is 0 Å². The van der Waals surface area contributed by atoms with E-state index in [9.17, 15) is 0 Å². The monoisotopic (exact) mass is 247 g/mol. The van der Waals surface area contributed by atoms with Gasteiger partial charge < -0.3 is 10.7 Å². The number of imidazole rings is 1. The molecule has 18 heavy (non-hydrogen) atoms. The Bertz CT molecular complexity index is 409. The van der Waals surface area contributed by atoms with Crippen LogP contribution in [0.3, 0.4) is 0 Å². The van der Waals surface area contributed by atoms with Crippen LogP contribution in [0.5, 0.6) is 0 Å². The van der Waals surface area contributed by atoms with Gasteiger partial charge in [0.25, 0.3) is 0 Å². The van der Waals surface area contributed by atoms with E-state index in [2.05, 4.69) is 36.5 Å². The van der Waals surface area contributed by atoms with Gasteiger partial charge in [0.15, 0.2) is 0 Å². The van der Waals surface area contributed by atoms with Gasteiger partial charge in [0.05, 0.1) is 5.69 Å². The van der Waals surface area contributed by atoms with Crippen LogP contribution < -0.4 is 5.73 Å². The molecule has 3 N–H and O–H groups in total. The van der Waals surface area contributed by atoms with E-state index >= 15 is 0 Å². The van der Waals surface area contributed by atoms with Crippen molar-refractivity contribution >= 4 is 11.9 Å². The molecule has 0 spiro atoms. The summed E-state index contributed by atoms with van der Waals surface area (Å²) >= 11 is 0. The molecule has 0 aliphatic rings. The topological polar surface area (TPSA) is 54.7 Å². The van der Waals surface area contributed by atoms with Gasteiger partial charge in [-0.05, 0) is 37.3 Å². The third-order valence-corrected chi connectivity index (χ3v) is 3.17. The Morgan fingerprint density at radius 1 is 1.39 bits per heavy atom. The number of rotatable bonds is 7. The van der Waals surface area contributed by atoms with E-state index in [0.29, 0.717) is 11.7 Å². The molecule has 0 radical (unpaired) electrons. The standard InChI is InChI=1S/C15H25N3/c1-5-8-13(9-6-2)12(7-3)10-14-15(16)18-11(4)17-14/h7,10,13H,3,5-6,8-9,16H2,1-2,4H3,(H,17,18)/b12-10+. The van der Waals surface area contributed by atoms with Crippen LogP contribution in [0.1, 0.15) is 51.0 Å². The molecule has 0 saturated heterocycles. The number of anilines is 1. The molecule has 100 valence electrons. The van der Waals surface area contributed by atoms with Crippen molar-refractivity contribution in [3.8, 4) is 0 Å². The van der Waals surface area contributed by atoms with Crippen molar-refractivity contribution in [3.05, 3.63) is 29.7 Å². The van der Waals surface area contributed by atoms with E-state index in [1.54, 1.807) is 0 Å². The van der Waals surface area contributed by atoms with Gasteiger partial charge in [0.1, 0.15) is 11.6 Å². The zero-order valence-corrected chi connectivity index (χ0v) is 11.8. The predicted octanol–water partition coefficient (Wildman–Crippen LogP) is 4.09. The average molecular weight is 247 g/mol. The number of H-pyrrole nitrogens is 1. The molecule has 3 heteroatoms. The minimum atomic E-state index is 0.568. The van der Waals surface area contributed by atoms with Crippen LogP contribution in [0.15, 0.2) is 18.2 Å². The molecule has 1 aromatic heterocycles. The van der Waals surface area contributed by atoms with Crippen molar-refractivity contribution < 1.29 is 0 Å². The molecule has 0 bridgehead atoms. The minimum absolute atomic E-state index is 0.568. The maximum Gasteiger partial charge on any atom is 0.149 e. The fourth-order valence-corrected chi connectivity index (χ4v) is 2.32. The zero-order valence-electron chi connectivity index (χ0n) is 11.8. The summed E-state index contributed by atoms with van der Waals surface area (Å²) in [5.41, 5.74) is 8.03. The molecule has 0 aromatic carbocycles. The van der Waals surface area contributed by atoms with Crippen LogP contribution in [0.25, 0.3) is 6.08 Å². The lowest BCUT2D eigenvalue weighted by Gasteiger charge is -2.16. The number of aromatic amines is 1. The summed E-state index contributed by atoms with van der Waals surface area (Å²) in [4.78, 5) is 7.38. The van der Waals surface area contributed by atoms with Crippen LogP contribution in [0, 0.1) is 12.8 Å². The molecule has 0 fully saturated rings. The van der Waals surface area contributed by atoms with Crippen molar-refractivity contribution in [2.24, 2.45) is 5.92 Å². The maximum atomic E-state index is 5.87. The van der Waals surface area contributed by atoms with Crippen LogP contribution in [-0.2, 0) is 0 Å². The minimum Gasteiger partial charge on any atom is -0.382 e. The van der Waals surface area contributed by atoms with Gasteiger partial charge in [-0.3, -0.25) is 0 Å². The summed E-state index contributed by atoms with van der Waals surface area (Å²) in [6, 6.07) is 0. The number of aromatic nitrogens is 2. The number of allylic oxidation sites excluding steroid dienone is 2. The lowest BCUT2D eigenvalue weighted by atomic mass is 9.89. The Morgan fingerprint density at radius 2 is 2.00 bits per heavy atom. The molecule has 0 amide bonds. The van der Waals surface area contributed by atoms with Crippen LogP contribution in [-0.4, -0.2) is 9.97 Å². The lowest BCUT2D eigenvalue weighted by molar-refractivity contribution is 0.515. The molecular formula is C15H25N3. The fourth-order valence-electron chi connectivity index (χ4n) is 2.32. The normalized spacial score (nSPS) is 12.1. The second-order valence-electron chi connectivity index (χ2n) is 4.74. The van der Waals surface area contributed by atoms with Crippen LogP contribution in [0.4, 0.5) is 5.82 Å². The van der Waals surface area contributed by atoms with E-state index in [-0.39, 0.29) is 0 Å². The highest BCUT2D eigenvalue weighted by molar-refractivity contribution is 5.62. The van der Waals surface area contributed by atoms with E-state index in [4.69, 9.17) is 5.73 Å². The van der Waals surface area contributed by atoms with Crippen LogP contribution in [0.2, 0.25) is 0 Å². The van der Waals surface area contributed by atoms with E-state index in [1.807, 2.05) is 13.0 Å². The predicted molar refractivity (Wildman–Crippen MR) is 79.2 cm³/mol. The Morgan fingerprint density at radius 3 is 2.39 bits per heavy atom. The molecule has 1 aromatic rings. The number of hydrogen-bond acceptors (Lipinski definition) is 2. The quantitative estimate of drug-likeness (QED) is 0.713. The van der Waals surface area contributed by atoms with Crippen LogP contribution >= 0.6 is 0 Å². The third-order valence-electron chi connectivity index (χ3n) is 3.17. The SMILES string of the molecule is C=C/C(=C\c1[nH]c(C)nc1N)C(CCC)CCC. The summed E-state index contributed by atoms with van der Waals surface area (Å²) in [7, 11) is 0. The molecule has 0 aliphatic carbocycles. The first-order chi connectivity index (χ1) is 8.62. The summed E-state index contributed by atoms with van der Waals surface area (Å²) in [6.07, 6.45) is 8.81. The highest BCUT2D eigenvalue weighted by atomic mass is 15.0. The van der Waals surface area contributed by atoms with Crippen molar-refractivity contribution in [3.63, 3.8) is 0 Å². The van der Waals surface area contributed by atoms with Gasteiger partial charge >= 0.3 is 0 Å². The Labute approximate surface area is 110 Å². The highest BCUT2D eigenvalue weighted by Gasteiger charge is 2.11. The smallest absolute Gasteiger partial charge is 0.149 e. The summed E-state index contributed by atoms with van der Waals surface area (Å²) in [5.74, 6) is 1.99. The Balaban J connectivity index is 2.99. The van der Waals surface area contributed by atoms with Gasteiger partial charge in [-0.15, -0.1) is 0 Å². The van der Waals surface area contributed by atoms with Gasteiger partial charge in [0.2, 0.25) is 0 Å². The van der Waals surface area contributed by atoms with Crippen molar-refractivity contribution in [2.75, 3.05) is 5.73 Å². The lowest BCUT2D eigenvalue weighted by Crippen LogP contribution is -2.02. The summed E-state index contributed by atoms with van der Waals surface area (Å²) < 4.78 is 0. The number of nitrogens with zero attached hydrogens (tertiary/aromatic N) is 1. The molecule has 0 atom stereocenters. The largest absolute Gasteiger partial charge is 0.382 e. The molecular weight excluding hydrogens is 222 g/mol. The first-order valence-electron chi connectivity index (χ1n) is 6.78. The molecule has 0 saturated carbocycles. The first kappa shape index (κ1) is 14.6. The average Bonchev–Trinajstić information content (AvgIpc) is 2.64. The van der Waals surface area contributed by atoms with E-state index in [1.165, 1.54) is 31.3 Å². The number of nitrogens with one attached hydrogen (secondary N) is 1. The molecule has 0 unspecified atom stereocenters. The first-order valence-corrected chi connectivity index (χ1v) is 6.78. The number of nitrogens with two attached hydrogens (primary N) is 1. The van der Waals surface area contributed by atoms with Gasteiger partial charge in [0, 0.05) is 0 Å². The maximum absolute atomic E-state index is 5.87. The Kier molecular flexibility index (Phi) is 5.69. The molecule has 1 rings (SSSR count). The number of hydrogen-bond donors (Lipinski definition) is 2. The summed E-state index contributed by atoms with van der Waals surface area (Å²) in [6.45, 7) is 10.3. The highest BCUT2D eigenvalue weighted by Crippen LogP contribution is 2.26. The number of aryl methyl sites for hydroxylation is 1. The number of nitrogen functional groups attached to an aromatic ring is 1. The third kappa shape index (κ3) is 3.76. The van der Waals surface area contributed by atoms with Crippen molar-refractivity contribution in [1.29, 1.82) is 0 Å². The molecule has 1 heterocycles. The van der Waals surface area contributed by atoms with Crippen molar-refractivity contribution in [2.45, 2.75) is 46.5 Å².